The van der Waals surface area contributed by atoms with Crippen LogP contribution in [0.15, 0.2) is 22.7 Å². The first-order chi connectivity index (χ1) is 9.24. The number of nitrogens with zero attached hydrogens (tertiary/aromatic N) is 1. The molecule has 0 aliphatic carbocycles. The fourth-order valence-electron chi connectivity index (χ4n) is 2.16. The van der Waals surface area contributed by atoms with Gasteiger partial charge in [0.15, 0.2) is 12.9 Å². The molecule has 3 rings (SSSR count). The lowest BCUT2D eigenvalue weighted by molar-refractivity contribution is -0.130. The summed E-state index contributed by atoms with van der Waals surface area (Å²) < 4.78 is 17.3. The highest BCUT2D eigenvalue weighted by Crippen LogP contribution is 2.34. The molecule has 1 saturated heterocycles. The summed E-state index contributed by atoms with van der Waals surface area (Å²) in [6, 6.07) is 5.57. The molecule has 2 aliphatic rings. The van der Waals surface area contributed by atoms with Gasteiger partial charge in [0.2, 0.25) is 0 Å². The van der Waals surface area contributed by atoms with Gasteiger partial charge in [-0.3, -0.25) is 9.69 Å². The van der Waals surface area contributed by atoms with Crippen LogP contribution in [0.3, 0.4) is 0 Å². The van der Waals surface area contributed by atoms with Crippen molar-refractivity contribution in [2.75, 3.05) is 24.8 Å². The van der Waals surface area contributed by atoms with Gasteiger partial charge >= 0.3 is 0 Å². The lowest BCUT2D eigenvalue weighted by atomic mass is 10.2. The number of halogens is 1. The van der Waals surface area contributed by atoms with Crippen LogP contribution in [0.1, 0.15) is 12.8 Å². The van der Waals surface area contributed by atoms with E-state index < -0.39 is 0 Å². The molecule has 19 heavy (non-hydrogen) atoms. The van der Waals surface area contributed by atoms with Crippen LogP contribution in [0.5, 0.6) is 5.75 Å². The van der Waals surface area contributed by atoms with Gasteiger partial charge in [0.25, 0.3) is 5.91 Å². The maximum Gasteiger partial charge on any atom is 0.266 e. The highest BCUT2D eigenvalue weighted by atomic mass is 79.9. The maximum atomic E-state index is 11.9. The molecule has 0 N–H and O–H groups in total. The first-order valence-electron chi connectivity index (χ1n) is 6.20. The summed E-state index contributed by atoms with van der Waals surface area (Å²) in [5, 5.41) is 0. The number of amides is 1. The summed E-state index contributed by atoms with van der Waals surface area (Å²) in [7, 11) is 0. The summed E-state index contributed by atoms with van der Waals surface area (Å²) in [5.74, 6) is 0.581. The second-order valence-electron chi connectivity index (χ2n) is 4.46. The van der Waals surface area contributed by atoms with Crippen molar-refractivity contribution in [1.82, 2.24) is 0 Å². The Hall–Kier alpha value is -1.11. The Morgan fingerprint density at radius 1 is 1.47 bits per heavy atom. The van der Waals surface area contributed by atoms with E-state index in [1.165, 1.54) is 0 Å². The maximum absolute atomic E-state index is 11.9. The lowest BCUT2D eigenvalue weighted by Crippen LogP contribution is -2.41. The second-order valence-corrected chi connectivity index (χ2v) is 5.38. The molecule has 1 amide bonds. The van der Waals surface area contributed by atoms with Crippen molar-refractivity contribution < 1.29 is 19.0 Å². The number of carbonyl (C=O) groups excluding carboxylic acids is 1. The van der Waals surface area contributed by atoms with E-state index in [0.29, 0.717) is 5.75 Å². The number of carbonyl (C=O) groups is 1. The van der Waals surface area contributed by atoms with E-state index in [4.69, 9.17) is 14.2 Å². The zero-order chi connectivity index (χ0) is 13.2. The van der Waals surface area contributed by atoms with Crippen molar-refractivity contribution in [3.8, 4) is 5.75 Å². The van der Waals surface area contributed by atoms with Crippen LogP contribution in [0.4, 0.5) is 5.69 Å². The van der Waals surface area contributed by atoms with Gasteiger partial charge in [-0.1, -0.05) is 15.9 Å². The molecule has 1 fully saturated rings. The van der Waals surface area contributed by atoms with Crippen LogP contribution in [0, 0.1) is 0 Å². The molecule has 6 heteroatoms. The number of fused-ring (bicyclic) bond motifs is 1. The monoisotopic (exact) mass is 327 g/mol. The van der Waals surface area contributed by atoms with E-state index in [1.54, 1.807) is 4.90 Å². The Bertz CT molecular complexity index is 488. The number of hydrogen-bond donors (Lipinski definition) is 0. The van der Waals surface area contributed by atoms with Crippen molar-refractivity contribution >= 4 is 27.5 Å². The van der Waals surface area contributed by atoms with Crippen molar-refractivity contribution in [1.29, 1.82) is 0 Å². The van der Waals surface area contributed by atoms with Crippen molar-refractivity contribution in [2.24, 2.45) is 0 Å². The molecule has 1 aromatic carbocycles. The number of benzene rings is 1. The first kappa shape index (κ1) is 12.9. The smallest absolute Gasteiger partial charge is 0.266 e. The van der Waals surface area contributed by atoms with E-state index in [2.05, 4.69) is 15.9 Å². The standard InChI is InChI=1S/C13H14BrNO4/c14-9-3-4-10-11(6-9)18-7-12(16)15(10)8-19-13-2-1-5-17-13/h3-4,6,13H,1-2,5,7-8H2. The number of hydrogen-bond acceptors (Lipinski definition) is 4. The van der Waals surface area contributed by atoms with Crippen LogP contribution in [-0.4, -0.2) is 32.1 Å². The zero-order valence-electron chi connectivity index (χ0n) is 10.3. The van der Waals surface area contributed by atoms with Gasteiger partial charge in [0, 0.05) is 17.5 Å². The van der Waals surface area contributed by atoms with Crippen LogP contribution >= 0.6 is 15.9 Å². The van der Waals surface area contributed by atoms with Crippen molar-refractivity contribution in [3.63, 3.8) is 0 Å². The van der Waals surface area contributed by atoms with E-state index in [0.717, 1.165) is 29.6 Å². The SMILES string of the molecule is O=C1COc2cc(Br)ccc2N1COC1CCCO1. The first-order valence-corrected chi connectivity index (χ1v) is 6.99. The second kappa shape index (κ2) is 5.48. The molecule has 1 aromatic rings. The van der Waals surface area contributed by atoms with Gasteiger partial charge in [-0.25, -0.2) is 0 Å². The lowest BCUT2D eigenvalue weighted by Gasteiger charge is -2.29. The Balaban J connectivity index is 1.74. The summed E-state index contributed by atoms with van der Waals surface area (Å²) in [6.07, 6.45) is 1.69. The summed E-state index contributed by atoms with van der Waals surface area (Å²) >= 11 is 3.38. The zero-order valence-corrected chi connectivity index (χ0v) is 11.9. The average molecular weight is 328 g/mol. The molecule has 0 aromatic heterocycles. The van der Waals surface area contributed by atoms with Gasteiger partial charge < -0.3 is 14.2 Å². The molecular formula is C13H14BrNO4. The van der Waals surface area contributed by atoms with Gasteiger partial charge in [-0.2, -0.15) is 0 Å². The molecular weight excluding hydrogens is 314 g/mol. The molecule has 2 aliphatic heterocycles. The fourth-order valence-corrected chi connectivity index (χ4v) is 2.50. The average Bonchev–Trinajstić information content (AvgIpc) is 2.91. The predicted octanol–water partition coefficient (Wildman–Crippen LogP) is 2.29. The topological polar surface area (TPSA) is 48.0 Å². The van der Waals surface area contributed by atoms with Crippen LogP contribution in [0.25, 0.3) is 0 Å². The Morgan fingerprint density at radius 2 is 2.37 bits per heavy atom. The van der Waals surface area contributed by atoms with Crippen LogP contribution in [0.2, 0.25) is 0 Å². The molecule has 1 unspecified atom stereocenters. The number of anilines is 1. The molecule has 1 atom stereocenters. The minimum absolute atomic E-state index is 0.0400. The molecule has 2 heterocycles. The third kappa shape index (κ3) is 2.75. The van der Waals surface area contributed by atoms with Gasteiger partial charge in [-0.05, 0) is 24.6 Å². The summed E-state index contributed by atoms with van der Waals surface area (Å²) in [4.78, 5) is 13.5. The highest BCUT2D eigenvalue weighted by molar-refractivity contribution is 9.10. The van der Waals surface area contributed by atoms with Crippen LogP contribution < -0.4 is 9.64 Å². The number of rotatable bonds is 3. The van der Waals surface area contributed by atoms with Gasteiger partial charge in [-0.15, -0.1) is 0 Å². The molecule has 0 bridgehead atoms. The largest absolute Gasteiger partial charge is 0.482 e. The molecule has 0 saturated carbocycles. The minimum Gasteiger partial charge on any atom is -0.482 e. The molecule has 0 spiro atoms. The van der Waals surface area contributed by atoms with Crippen molar-refractivity contribution in [3.05, 3.63) is 22.7 Å². The quantitative estimate of drug-likeness (QED) is 0.854. The molecule has 5 nitrogen and oxygen atoms in total. The summed E-state index contributed by atoms with van der Waals surface area (Å²) in [5.41, 5.74) is 0.734. The van der Waals surface area contributed by atoms with E-state index >= 15 is 0 Å². The Labute approximate surface area is 119 Å². The normalized spacial score (nSPS) is 22.3. The third-order valence-electron chi connectivity index (χ3n) is 3.14. The fraction of sp³-hybridized carbons (Fsp3) is 0.462. The van der Waals surface area contributed by atoms with Crippen LogP contribution in [-0.2, 0) is 14.3 Å². The predicted molar refractivity (Wildman–Crippen MR) is 72.0 cm³/mol. The van der Waals surface area contributed by atoms with E-state index in [-0.39, 0.29) is 25.5 Å². The molecule has 0 radical (unpaired) electrons. The van der Waals surface area contributed by atoms with Gasteiger partial charge in [0.1, 0.15) is 12.5 Å². The van der Waals surface area contributed by atoms with Gasteiger partial charge in [0.05, 0.1) is 5.69 Å². The summed E-state index contributed by atoms with van der Waals surface area (Å²) in [6.45, 7) is 0.963. The minimum atomic E-state index is -0.199. The Kier molecular flexibility index (Phi) is 3.72. The van der Waals surface area contributed by atoms with Crippen molar-refractivity contribution in [2.45, 2.75) is 19.1 Å². The molecule has 102 valence electrons. The van der Waals surface area contributed by atoms with E-state index in [9.17, 15) is 4.79 Å². The third-order valence-corrected chi connectivity index (χ3v) is 3.64. The Morgan fingerprint density at radius 3 is 3.16 bits per heavy atom. The van der Waals surface area contributed by atoms with E-state index in [1.807, 2.05) is 18.2 Å². The number of ether oxygens (including phenoxy) is 3. The highest BCUT2D eigenvalue weighted by Gasteiger charge is 2.27.